The molecule has 0 atom stereocenters. The zero-order valence-electron chi connectivity index (χ0n) is 10.5. The largest absolute Gasteiger partial charge is 0.478 e. The highest BCUT2D eigenvalue weighted by Crippen LogP contribution is 2.34. The van der Waals surface area contributed by atoms with Crippen molar-refractivity contribution >= 4 is 11.6 Å². The summed E-state index contributed by atoms with van der Waals surface area (Å²) in [6.07, 6.45) is 4.84. The highest BCUT2D eigenvalue weighted by atomic mass is 19.1. The maximum atomic E-state index is 13.5. The molecule has 0 aromatic carbocycles. The van der Waals surface area contributed by atoms with Crippen molar-refractivity contribution in [2.75, 3.05) is 0 Å². The first-order valence-corrected chi connectivity index (χ1v) is 6.12. The summed E-state index contributed by atoms with van der Waals surface area (Å²) >= 11 is 0. The molecule has 2 N–H and O–H groups in total. The molecule has 19 heavy (non-hydrogen) atoms. The van der Waals surface area contributed by atoms with Gasteiger partial charge in [0.25, 0.3) is 0 Å². The van der Waals surface area contributed by atoms with Gasteiger partial charge in [-0.05, 0) is 31.4 Å². The Morgan fingerprint density at radius 3 is 3.00 bits per heavy atom. The number of nitrogens with zero attached hydrogens (tertiary/aromatic N) is 2. The number of fused-ring (bicyclic) bond motifs is 1. The molecule has 0 aliphatic heterocycles. The Morgan fingerprint density at radius 2 is 2.37 bits per heavy atom. The van der Waals surface area contributed by atoms with Gasteiger partial charge in [0.1, 0.15) is 5.56 Å². The molecule has 0 radical (unpaired) electrons. The van der Waals surface area contributed by atoms with E-state index in [1.54, 1.807) is 12.3 Å². The molecule has 6 heteroatoms. The van der Waals surface area contributed by atoms with Crippen molar-refractivity contribution in [2.45, 2.75) is 31.8 Å². The van der Waals surface area contributed by atoms with Gasteiger partial charge in [0, 0.05) is 18.3 Å². The number of halogens is 1. The molecule has 100 valence electrons. The van der Waals surface area contributed by atoms with Gasteiger partial charge in [-0.2, -0.15) is 4.39 Å². The Bertz CT molecular complexity index is 661. The Labute approximate surface area is 109 Å². The van der Waals surface area contributed by atoms with Gasteiger partial charge in [-0.25, -0.2) is 9.78 Å². The fourth-order valence-electron chi connectivity index (χ4n) is 2.05. The molecule has 0 unspecified atom stereocenters. The molecule has 5 nitrogen and oxygen atoms in total. The van der Waals surface area contributed by atoms with Crippen LogP contribution >= 0.6 is 0 Å². The highest BCUT2D eigenvalue weighted by Gasteiger charge is 2.36. The Kier molecular flexibility index (Phi) is 2.56. The third kappa shape index (κ3) is 2.19. The van der Waals surface area contributed by atoms with E-state index in [4.69, 9.17) is 5.11 Å². The molecule has 2 aromatic rings. The van der Waals surface area contributed by atoms with Crippen LogP contribution in [0.25, 0.3) is 5.65 Å². The fourth-order valence-corrected chi connectivity index (χ4v) is 2.05. The first-order chi connectivity index (χ1) is 8.98. The molecule has 0 bridgehead atoms. The maximum Gasteiger partial charge on any atom is 0.339 e. The third-order valence-corrected chi connectivity index (χ3v) is 3.57. The smallest absolute Gasteiger partial charge is 0.339 e. The monoisotopic (exact) mass is 263 g/mol. The van der Waals surface area contributed by atoms with Gasteiger partial charge < -0.3 is 10.4 Å². The number of carboxylic acids is 1. The van der Waals surface area contributed by atoms with Crippen LogP contribution in [0.1, 0.15) is 35.7 Å². The Hall–Kier alpha value is -1.95. The minimum absolute atomic E-state index is 0.0177. The van der Waals surface area contributed by atoms with E-state index in [0.29, 0.717) is 6.54 Å². The van der Waals surface area contributed by atoms with Gasteiger partial charge in [0.2, 0.25) is 5.95 Å². The van der Waals surface area contributed by atoms with Crippen molar-refractivity contribution in [3.05, 3.63) is 35.5 Å². The lowest BCUT2D eigenvalue weighted by Gasteiger charge is -2.12. The molecular weight excluding hydrogens is 249 g/mol. The summed E-state index contributed by atoms with van der Waals surface area (Å²) in [6.45, 7) is 2.63. The van der Waals surface area contributed by atoms with E-state index in [1.165, 1.54) is 4.40 Å². The zero-order valence-corrected chi connectivity index (χ0v) is 10.5. The van der Waals surface area contributed by atoms with Crippen molar-refractivity contribution in [3.63, 3.8) is 0 Å². The quantitative estimate of drug-likeness (QED) is 0.883. The number of nitrogens with one attached hydrogen (secondary N) is 1. The van der Waals surface area contributed by atoms with Gasteiger partial charge in [-0.1, -0.05) is 0 Å². The molecule has 0 spiro atoms. The van der Waals surface area contributed by atoms with Gasteiger partial charge >= 0.3 is 5.97 Å². The second-order valence-corrected chi connectivity index (χ2v) is 5.26. The number of rotatable bonds is 4. The predicted molar refractivity (Wildman–Crippen MR) is 66.6 cm³/mol. The van der Waals surface area contributed by atoms with Gasteiger partial charge in [0.15, 0.2) is 5.65 Å². The lowest BCUT2D eigenvalue weighted by molar-refractivity contribution is 0.0698. The topological polar surface area (TPSA) is 66.6 Å². The molecule has 3 rings (SSSR count). The fraction of sp³-hybridized carbons (Fsp3) is 0.385. The van der Waals surface area contributed by atoms with Crippen LogP contribution in [-0.4, -0.2) is 26.0 Å². The molecule has 2 aromatic heterocycles. The van der Waals surface area contributed by atoms with Crippen LogP contribution in [-0.2, 0) is 6.54 Å². The number of hydrogen-bond acceptors (Lipinski definition) is 3. The van der Waals surface area contributed by atoms with E-state index in [9.17, 15) is 9.18 Å². The highest BCUT2D eigenvalue weighted by molar-refractivity contribution is 5.94. The van der Waals surface area contributed by atoms with Crippen molar-refractivity contribution in [1.29, 1.82) is 0 Å². The molecule has 0 saturated heterocycles. The van der Waals surface area contributed by atoms with Crippen LogP contribution in [0.15, 0.2) is 18.5 Å². The van der Waals surface area contributed by atoms with Gasteiger partial charge in [-0.15, -0.1) is 0 Å². The van der Waals surface area contributed by atoms with E-state index in [2.05, 4.69) is 17.2 Å². The van der Waals surface area contributed by atoms with E-state index in [1.807, 2.05) is 0 Å². The van der Waals surface area contributed by atoms with Crippen LogP contribution in [0.2, 0.25) is 0 Å². The average Bonchev–Trinajstić information content (AvgIpc) is 3.00. The molecule has 1 aliphatic carbocycles. The van der Waals surface area contributed by atoms with Crippen LogP contribution in [0.4, 0.5) is 4.39 Å². The van der Waals surface area contributed by atoms with E-state index in [0.717, 1.165) is 24.6 Å². The number of carboxylic acid groups (broad SMARTS) is 1. The van der Waals surface area contributed by atoms with Crippen LogP contribution in [0.3, 0.4) is 0 Å². The first-order valence-electron chi connectivity index (χ1n) is 6.12. The summed E-state index contributed by atoms with van der Waals surface area (Å²) in [7, 11) is 0. The van der Waals surface area contributed by atoms with Crippen molar-refractivity contribution < 1.29 is 14.3 Å². The SMILES string of the molecule is CC1(NCc2cc(C(=O)O)c3ncc(F)n3c2)CC1. The minimum Gasteiger partial charge on any atom is -0.478 e. The van der Waals surface area contributed by atoms with E-state index in [-0.39, 0.29) is 16.7 Å². The average molecular weight is 263 g/mol. The lowest BCUT2D eigenvalue weighted by atomic mass is 10.2. The molecule has 0 amide bonds. The standard InChI is InChI=1S/C13H14FN3O2/c1-13(2-3-13)16-5-8-4-9(12(18)19)11-15-6-10(14)17(11)7-8/h4,6-7,16H,2-3,5H2,1H3,(H,18,19). The summed E-state index contributed by atoms with van der Waals surface area (Å²) in [5.41, 5.74) is 1.02. The normalized spacial score (nSPS) is 16.7. The molecule has 2 heterocycles. The second-order valence-electron chi connectivity index (χ2n) is 5.26. The number of carbonyl (C=O) groups is 1. The summed E-state index contributed by atoms with van der Waals surface area (Å²) < 4.78 is 14.7. The number of pyridine rings is 1. The van der Waals surface area contributed by atoms with E-state index < -0.39 is 11.9 Å². The number of hydrogen-bond donors (Lipinski definition) is 2. The number of aromatic nitrogens is 2. The summed E-state index contributed by atoms with van der Waals surface area (Å²) in [5.74, 6) is -1.66. The van der Waals surface area contributed by atoms with Crippen LogP contribution < -0.4 is 5.32 Å². The van der Waals surface area contributed by atoms with Crippen LogP contribution in [0, 0.1) is 5.95 Å². The molecular formula is C13H14FN3O2. The maximum absolute atomic E-state index is 13.5. The Balaban J connectivity index is 1.99. The number of imidazole rings is 1. The van der Waals surface area contributed by atoms with Crippen molar-refractivity contribution in [2.24, 2.45) is 0 Å². The summed E-state index contributed by atoms with van der Waals surface area (Å²) in [5, 5.41) is 12.5. The summed E-state index contributed by atoms with van der Waals surface area (Å²) in [4.78, 5) is 15.0. The molecule has 1 saturated carbocycles. The lowest BCUT2D eigenvalue weighted by Crippen LogP contribution is -2.27. The molecule has 1 fully saturated rings. The van der Waals surface area contributed by atoms with Crippen LogP contribution in [0.5, 0.6) is 0 Å². The predicted octanol–water partition coefficient (Wildman–Crippen LogP) is 1.81. The first kappa shape index (κ1) is 12.1. The minimum atomic E-state index is -1.10. The van der Waals surface area contributed by atoms with Crippen molar-refractivity contribution in [3.8, 4) is 0 Å². The molecule has 1 aliphatic rings. The van der Waals surface area contributed by atoms with E-state index >= 15 is 0 Å². The zero-order chi connectivity index (χ0) is 13.6. The Morgan fingerprint density at radius 1 is 1.63 bits per heavy atom. The third-order valence-electron chi connectivity index (χ3n) is 3.57. The second kappa shape index (κ2) is 4.03. The van der Waals surface area contributed by atoms with Crippen molar-refractivity contribution in [1.82, 2.24) is 14.7 Å². The van der Waals surface area contributed by atoms with Gasteiger partial charge in [-0.3, -0.25) is 4.40 Å². The summed E-state index contributed by atoms with van der Waals surface area (Å²) in [6, 6.07) is 1.54. The van der Waals surface area contributed by atoms with Gasteiger partial charge in [0.05, 0.1) is 6.20 Å². The number of aromatic carboxylic acids is 1.